The maximum absolute atomic E-state index is 9.30. The van der Waals surface area contributed by atoms with Crippen molar-refractivity contribution in [1.82, 2.24) is 9.97 Å². The molecule has 4 N–H and O–H groups in total. The Bertz CT molecular complexity index is 801. The SMILES string of the molecule is C=CCOc1c(I)cc(-c2nc(N)nc(N)c2C#N)cc1OC. The van der Waals surface area contributed by atoms with Crippen molar-refractivity contribution >= 4 is 34.4 Å². The van der Waals surface area contributed by atoms with Crippen LogP contribution in [0.15, 0.2) is 24.8 Å². The highest BCUT2D eigenvalue weighted by Crippen LogP contribution is 2.38. The van der Waals surface area contributed by atoms with Gasteiger partial charge in [0.15, 0.2) is 11.5 Å². The summed E-state index contributed by atoms with van der Waals surface area (Å²) < 4.78 is 11.8. The predicted molar refractivity (Wildman–Crippen MR) is 96.0 cm³/mol. The highest BCUT2D eigenvalue weighted by molar-refractivity contribution is 14.1. The van der Waals surface area contributed by atoms with Crippen LogP contribution in [0.4, 0.5) is 11.8 Å². The number of halogens is 1. The van der Waals surface area contributed by atoms with Gasteiger partial charge in [-0.25, -0.2) is 4.98 Å². The summed E-state index contributed by atoms with van der Waals surface area (Å²) in [5.41, 5.74) is 12.5. The molecule has 0 aliphatic carbocycles. The largest absolute Gasteiger partial charge is 0.493 e. The number of benzene rings is 1. The molecule has 0 fully saturated rings. The van der Waals surface area contributed by atoms with Crippen molar-refractivity contribution in [3.8, 4) is 28.8 Å². The predicted octanol–water partition coefficient (Wildman–Crippen LogP) is 2.36. The monoisotopic (exact) mass is 423 g/mol. The number of nitrogens with two attached hydrogens (primary N) is 2. The lowest BCUT2D eigenvalue weighted by Crippen LogP contribution is -2.05. The fourth-order valence-electron chi connectivity index (χ4n) is 1.95. The lowest BCUT2D eigenvalue weighted by molar-refractivity contribution is 0.324. The van der Waals surface area contributed by atoms with Crippen LogP contribution in [0.1, 0.15) is 5.56 Å². The summed E-state index contributed by atoms with van der Waals surface area (Å²) in [5, 5.41) is 9.30. The Morgan fingerprint density at radius 3 is 2.74 bits per heavy atom. The van der Waals surface area contributed by atoms with Crippen LogP contribution in [0.5, 0.6) is 11.5 Å². The smallest absolute Gasteiger partial charge is 0.222 e. The average molecular weight is 423 g/mol. The molecule has 0 aliphatic heterocycles. The highest BCUT2D eigenvalue weighted by Gasteiger charge is 2.18. The van der Waals surface area contributed by atoms with E-state index < -0.39 is 0 Å². The molecule has 0 atom stereocenters. The minimum atomic E-state index is -0.00235. The van der Waals surface area contributed by atoms with E-state index in [9.17, 15) is 5.26 Å². The van der Waals surface area contributed by atoms with Crippen molar-refractivity contribution in [1.29, 1.82) is 5.26 Å². The van der Waals surface area contributed by atoms with Gasteiger partial charge in [0.25, 0.3) is 0 Å². The zero-order valence-corrected chi connectivity index (χ0v) is 14.5. The molecular weight excluding hydrogens is 409 g/mol. The second-order valence-electron chi connectivity index (χ2n) is 4.39. The number of rotatable bonds is 5. The molecule has 2 rings (SSSR count). The molecule has 0 saturated heterocycles. The Morgan fingerprint density at radius 1 is 1.39 bits per heavy atom. The number of nitrogens with zero attached hydrogens (tertiary/aromatic N) is 3. The first kappa shape index (κ1) is 16.8. The van der Waals surface area contributed by atoms with Gasteiger partial charge >= 0.3 is 0 Å². The summed E-state index contributed by atoms with van der Waals surface area (Å²) in [6.45, 7) is 3.97. The normalized spacial score (nSPS) is 9.96. The minimum absolute atomic E-state index is 0.00235. The molecule has 0 unspecified atom stereocenters. The molecule has 0 amide bonds. The number of methoxy groups -OCH3 is 1. The van der Waals surface area contributed by atoms with E-state index in [0.29, 0.717) is 29.4 Å². The molecule has 0 saturated carbocycles. The molecule has 1 aromatic carbocycles. The van der Waals surface area contributed by atoms with Gasteiger partial charge in [-0.05, 0) is 34.7 Å². The molecule has 23 heavy (non-hydrogen) atoms. The maximum atomic E-state index is 9.30. The third kappa shape index (κ3) is 3.45. The molecule has 8 heteroatoms. The summed E-state index contributed by atoms with van der Waals surface area (Å²) in [5.74, 6) is 1.13. The third-order valence-electron chi connectivity index (χ3n) is 2.91. The first-order valence-electron chi connectivity index (χ1n) is 6.46. The minimum Gasteiger partial charge on any atom is -0.493 e. The second kappa shape index (κ2) is 7.15. The maximum Gasteiger partial charge on any atom is 0.222 e. The summed E-state index contributed by atoms with van der Waals surface area (Å²) in [6, 6.07) is 5.52. The Labute approximate surface area is 147 Å². The molecule has 0 spiro atoms. The van der Waals surface area contributed by atoms with E-state index in [4.69, 9.17) is 20.9 Å². The Hall–Kier alpha value is -2.54. The zero-order chi connectivity index (χ0) is 17.0. The van der Waals surface area contributed by atoms with E-state index in [-0.39, 0.29) is 17.3 Å². The van der Waals surface area contributed by atoms with Crippen molar-refractivity contribution in [3.63, 3.8) is 0 Å². The van der Waals surface area contributed by atoms with E-state index in [1.165, 1.54) is 7.11 Å². The van der Waals surface area contributed by atoms with Crippen molar-refractivity contribution in [2.24, 2.45) is 0 Å². The van der Waals surface area contributed by atoms with Gasteiger partial charge in [0.05, 0.1) is 16.4 Å². The number of hydrogen-bond donors (Lipinski definition) is 2. The molecular formula is C15H14IN5O2. The average Bonchev–Trinajstić information content (AvgIpc) is 2.52. The van der Waals surface area contributed by atoms with Crippen LogP contribution in [0.2, 0.25) is 0 Å². The standard InChI is InChI=1S/C15H14IN5O2/c1-3-4-23-13-10(16)5-8(6-11(13)22-2)12-9(7-17)14(18)21-15(19)20-12/h3,5-6H,1,4H2,2H3,(H4,18,19,20,21). The number of nitrogen functional groups attached to an aromatic ring is 2. The summed E-state index contributed by atoms with van der Waals surface area (Å²) in [4.78, 5) is 7.94. The van der Waals surface area contributed by atoms with Gasteiger partial charge in [0.1, 0.15) is 24.1 Å². The van der Waals surface area contributed by atoms with Gasteiger partial charge in [-0.2, -0.15) is 10.2 Å². The molecule has 2 aromatic rings. The summed E-state index contributed by atoms with van der Waals surface area (Å²) in [7, 11) is 1.53. The van der Waals surface area contributed by atoms with Gasteiger partial charge in [-0.15, -0.1) is 0 Å². The Balaban J connectivity index is 2.64. The van der Waals surface area contributed by atoms with Crippen LogP contribution in [-0.2, 0) is 0 Å². The molecule has 0 bridgehead atoms. The van der Waals surface area contributed by atoms with Crippen molar-refractivity contribution in [3.05, 3.63) is 33.9 Å². The highest BCUT2D eigenvalue weighted by atomic mass is 127. The van der Waals surface area contributed by atoms with E-state index in [2.05, 4.69) is 39.1 Å². The first-order chi connectivity index (χ1) is 11.0. The van der Waals surface area contributed by atoms with E-state index >= 15 is 0 Å². The molecule has 1 heterocycles. The van der Waals surface area contributed by atoms with Gasteiger partial charge in [-0.3, -0.25) is 0 Å². The van der Waals surface area contributed by atoms with Gasteiger partial charge in [0.2, 0.25) is 5.95 Å². The second-order valence-corrected chi connectivity index (χ2v) is 5.55. The quantitative estimate of drug-likeness (QED) is 0.560. The van der Waals surface area contributed by atoms with E-state index in [1.54, 1.807) is 12.1 Å². The lowest BCUT2D eigenvalue weighted by Gasteiger charge is -2.14. The number of hydrogen-bond acceptors (Lipinski definition) is 7. The van der Waals surface area contributed by atoms with Crippen LogP contribution in [0, 0.1) is 14.9 Å². The summed E-state index contributed by atoms with van der Waals surface area (Å²) in [6.07, 6.45) is 1.64. The molecule has 7 nitrogen and oxygen atoms in total. The number of anilines is 2. The first-order valence-corrected chi connectivity index (χ1v) is 7.54. The van der Waals surface area contributed by atoms with Crippen molar-refractivity contribution in [2.75, 3.05) is 25.2 Å². The topological polar surface area (TPSA) is 120 Å². The number of aromatic nitrogens is 2. The molecule has 0 radical (unpaired) electrons. The fraction of sp³-hybridized carbons (Fsp3) is 0.133. The van der Waals surface area contributed by atoms with Crippen LogP contribution >= 0.6 is 22.6 Å². The summed E-state index contributed by atoms with van der Waals surface area (Å²) >= 11 is 2.11. The van der Waals surface area contributed by atoms with Crippen LogP contribution in [0.3, 0.4) is 0 Å². The molecule has 118 valence electrons. The lowest BCUT2D eigenvalue weighted by atomic mass is 10.1. The third-order valence-corrected chi connectivity index (χ3v) is 3.72. The van der Waals surface area contributed by atoms with Crippen molar-refractivity contribution in [2.45, 2.75) is 0 Å². The van der Waals surface area contributed by atoms with Gasteiger partial charge in [-0.1, -0.05) is 12.7 Å². The Morgan fingerprint density at radius 2 is 2.13 bits per heavy atom. The van der Waals surface area contributed by atoms with E-state index in [1.807, 2.05) is 12.1 Å². The molecule has 1 aromatic heterocycles. The molecule has 0 aliphatic rings. The van der Waals surface area contributed by atoms with Crippen LogP contribution in [-0.4, -0.2) is 23.7 Å². The zero-order valence-electron chi connectivity index (χ0n) is 12.3. The fourth-order valence-corrected chi connectivity index (χ4v) is 2.71. The Kier molecular flexibility index (Phi) is 5.23. The van der Waals surface area contributed by atoms with Crippen LogP contribution < -0.4 is 20.9 Å². The number of ether oxygens (including phenoxy) is 2. The van der Waals surface area contributed by atoms with Crippen LogP contribution in [0.25, 0.3) is 11.3 Å². The number of nitriles is 1. The van der Waals surface area contributed by atoms with Gasteiger partial charge < -0.3 is 20.9 Å². The van der Waals surface area contributed by atoms with E-state index in [0.717, 1.165) is 3.57 Å². The van der Waals surface area contributed by atoms with Gasteiger partial charge in [0, 0.05) is 5.56 Å². The van der Waals surface area contributed by atoms with Crippen molar-refractivity contribution < 1.29 is 9.47 Å².